The van der Waals surface area contributed by atoms with Gasteiger partial charge in [0.05, 0.1) is 0 Å². The highest BCUT2D eigenvalue weighted by Gasteiger charge is 2.14. The van der Waals surface area contributed by atoms with E-state index < -0.39 is 0 Å². The Labute approximate surface area is 69.0 Å². The zero-order valence-corrected chi connectivity index (χ0v) is 7.00. The summed E-state index contributed by atoms with van der Waals surface area (Å²) >= 11 is 0. The summed E-state index contributed by atoms with van der Waals surface area (Å²) in [5.41, 5.74) is 0. The lowest BCUT2D eigenvalue weighted by Crippen LogP contribution is -2.01. The van der Waals surface area contributed by atoms with Crippen LogP contribution in [0.2, 0.25) is 0 Å². The molecule has 2 aliphatic rings. The number of allylic oxidation sites excluding steroid dienone is 4. The highest BCUT2D eigenvalue weighted by Crippen LogP contribution is 2.29. The fourth-order valence-corrected chi connectivity index (χ4v) is 2.10. The lowest BCUT2D eigenvalue weighted by Gasteiger charge is -2.15. The van der Waals surface area contributed by atoms with Crippen molar-refractivity contribution in [2.75, 3.05) is 0 Å². The van der Waals surface area contributed by atoms with E-state index >= 15 is 0 Å². The molecule has 0 heterocycles. The lowest BCUT2D eigenvalue weighted by atomic mass is 9.91. The molecule has 0 fully saturated rings. The van der Waals surface area contributed by atoms with Gasteiger partial charge in [0.2, 0.25) is 0 Å². The normalized spacial score (nSPS) is 39.3. The molecular formula is C11H16. The van der Waals surface area contributed by atoms with Gasteiger partial charge in [0, 0.05) is 0 Å². The van der Waals surface area contributed by atoms with Crippen molar-refractivity contribution in [3.63, 3.8) is 0 Å². The third-order valence-corrected chi connectivity index (χ3v) is 2.90. The molecule has 2 rings (SSSR count). The first-order valence-electron chi connectivity index (χ1n) is 4.77. The molecule has 11 heavy (non-hydrogen) atoms. The van der Waals surface area contributed by atoms with Crippen molar-refractivity contribution in [2.24, 2.45) is 11.8 Å². The largest absolute Gasteiger partial charge is 0.0882 e. The molecule has 60 valence electrons. The second-order valence-corrected chi connectivity index (χ2v) is 3.81. The maximum atomic E-state index is 2.43. The van der Waals surface area contributed by atoms with E-state index in [1.165, 1.54) is 32.1 Å². The minimum atomic E-state index is 0.858. The standard InChI is InChI=1S/C11H16/c1-2-5-11-7-3-6-10(4-1)8-9-11/h1-3,6,10-11H,4-5,7-9H2/b2-1-. The average molecular weight is 148 g/mol. The van der Waals surface area contributed by atoms with Crippen molar-refractivity contribution in [1.29, 1.82) is 0 Å². The van der Waals surface area contributed by atoms with Crippen LogP contribution in [0.15, 0.2) is 24.3 Å². The fraction of sp³-hybridized carbons (Fsp3) is 0.636. The van der Waals surface area contributed by atoms with Gasteiger partial charge in [0.1, 0.15) is 0 Å². The van der Waals surface area contributed by atoms with Gasteiger partial charge >= 0.3 is 0 Å². The van der Waals surface area contributed by atoms with Gasteiger partial charge in [-0.25, -0.2) is 0 Å². The van der Waals surface area contributed by atoms with Gasteiger partial charge in [-0.3, -0.25) is 0 Å². The van der Waals surface area contributed by atoms with Gasteiger partial charge in [0.15, 0.2) is 0 Å². The molecule has 2 atom stereocenters. The third-order valence-electron chi connectivity index (χ3n) is 2.90. The Kier molecular flexibility index (Phi) is 2.11. The molecule has 0 radical (unpaired) electrons. The van der Waals surface area contributed by atoms with Gasteiger partial charge < -0.3 is 0 Å². The zero-order valence-electron chi connectivity index (χ0n) is 7.00. The summed E-state index contributed by atoms with van der Waals surface area (Å²) in [5, 5.41) is 0. The van der Waals surface area contributed by atoms with E-state index in [4.69, 9.17) is 0 Å². The Hall–Kier alpha value is -0.520. The first-order chi connectivity index (χ1) is 5.45. The summed E-state index contributed by atoms with van der Waals surface area (Å²) in [6.45, 7) is 0. The van der Waals surface area contributed by atoms with E-state index in [1.54, 1.807) is 0 Å². The highest BCUT2D eigenvalue weighted by molar-refractivity contribution is 5.01. The van der Waals surface area contributed by atoms with Crippen LogP contribution in [0.5, 0.6) is 0 Å². The summed E-state index contributed by atoms with van der Waals surface area (Å²) in [6, 6.07) is 0. The number of rotatable bonds is 0. The Morgan fingerprint density at radius 1 is 0.818 bits per heavy atom. The Bertz CT molecular complexity index is 174. The van der Waals surface area contributed by atoms with Crippen molar-refractivity contribution in [3.05, 3.63) is 24.3 Å². The monoisotopic (exact) mass is 148 g/mol. The molecule has 0 aromatic carbocycles. The van der Waals surface area contributed by atoms with Crippen LogP contribution in [0.4, 0.5) is 0 Å². The Balaban J connectivity index is 2.14. The molecule has 0 amide bonds. The second kappa shape index (κ2) is 3.25. The van der Waals surface area contributed by atoms with E-state index in [0.717, 1.165) is 11.8 Å². The predicted octanol–water partition coefficient (Wildman–Crippen LogP) is 3.31. The molecular weight excluding hydrogens is 132 g/mol. The summed E-state index contributed by atoms with van der Waals surface area (Å²) in [5.74, 6) is 1.81. The summed E-state index contributed by atoms with van der Waals surface area (Å²) in [6.07, 6.45) is 16.4. The lowest BCUT2D eigenvalue weighted by molar-refractivity contribution is 0.442. The molecule has 0 saturated carbocycles. The predicted molar refractivity (Wildman–Crippen MR) is 48.3 cm³/mol. The Morgan fingerprint density at radius 2 is 1.64 bits per heavy atom. The van der Waals surface area contributed by atoms with E-state index in [9.17, 15) is 0 Å². The van der Waals surface area contributed by atoms with E-state index in [2.05, 4.69) is 24.3 Å². The van der Waals surface area contributed by atoms with Crippen molar-refractivity contribution < 1.29 is 0 Å². The molecule has 0 aliphatic heterocycles. The van der Waals surface area contributed by atoms with E-state index in [1.807, 2.05) is 0 Å². The Morgan fingerprint density at radius 3 is 2.64 bits per heavy atom. The maximum absolute atomic E-state index is 2.43. The average Bonchev–Trinajstić information content (AvgIpc) is 2.11. The highest BCUT2D eigenvalue weighted by atomic mass is 14.2. The molecule has 0 saturated heterocycles. The minimum Gasteiger partial charge on any atom is -0.0882 e. The van der Waals surface area contributed by atoms with Gasteiger partial charge in [-0.1, -0.05) is 24.3 Å². The number of hydrogen-bond acceptors (Lipinski definition) is 0. The maximum Gasteiger partial charge on any atom is -0.0199 e. The van der Waals surface area contributed by atoms with Crippen LogP contribution in [0.25, 0.3) is 0 Å². The zero-order chi connectivity index (χ0) is 7.52. The van der Waals surface area contributed by atoms with Gasteiger partial charge in [-0.15, -0.1) is 0 Å². The van der Waals surface area contributed by atoms with Crippen LogP contribution >= 0.6 is 0 Å². The molecule has 0 nitrogen and oxygen atoms in total. The molecule has 0 N–H and O–H groups in total. The minimum absolute atomic E-state index is 0.858. The van der Waals surface area contributed by atoms with Crippen molar-refractivity contribution in [1.82, 2.24) is 0 Å². The van der Waals surface area contributed by atoms with Crippen molar-refractivity contribution in [2.45, 2.75) is 32.1 Å². The topological polar surface area (TPSA) is 0 Å². The molecule has 0 spiro atoms. The fourth-order valence-electron chi connectivity index (χ4n) is 2.10. The molecule has 0 heteroatoms. The molecule has 2 aliphatic carbocycles. The first kappa shape index (κ1) is 7.15. The summed E-state index contributed by atoms with van der Waals surface area (Å²) in [4.78, 5) is 0. The van der Waals surface area contributed by atoms with Gasteiger partial charge in [-0.2, -0.15) is 0 Å². The SMILES string of the molecule is C1=CC2C/C=C\CC(C1)CC2. The van der Waals surface area contributed by atoms with Gasteiger partial charge in [-0.05, 0) is 43.9 Å². The first-order valence-corrected chi connectivity index (χ1v) is 4.77. The summed E-state index contributed by atoms with van der Waals surface area (Å²) in [7, 11) is 0. The van der Waals surface area contributed by atoms with Crippen molar-refractivity contribution in [3.8, 4) is 0 Å². The third kappa shape index (κ3) is 1.74. The van der Waals surface area contributed by atoms with Crippen LogP contribution < -0.4 is 0 Å². The molecule has 2 unspecified atom stereocenters. The van der Waals surface area contributed by atoms with Crippen LogP contribution in [-0.4, -0.2) is 0 Å². The second-order valence-electron chi connectivity index (χ2n) is 3.81. The quantitative estimate of drug-likeness (QED) is 0.462. The van der Waals surface area contributed by atoms with Crippen LogP contribution in [0.1, 0.15) is 32.1 Å². The molecule has 2 bridgehead atoms. The number of fused-ring (bicyclic) bond motifs is 3. The smallest absolute Gasteiger partial charge is 0.0199 e. The molecule has 0 aromatic rings. The van der Waals surface area contributed by atoms with Crippen LogP contribution in [0.3, 0.4) is 0 Å². The van der Waals surface area contributed by atoms with E-state index in [-0.39, 0.29) is 0 Å². The van der Waals surface area contributed by atoms with Gasteiger partial charge in [0.25, 0.3) is 0 Å². The van der Waals surface area contributed by atoms with Crippen LogP contribution in [-0.2, 0) is 0 Å². The van der Waals surface area contributed by atoms with Crippen LogP contribution in [0, 0.1) is 11.8 Å². The van der Waals surface area contributed by atoms with Crippen molar-refractivity contribution >= 4 is 0 Å². The number of hydrogen-bond donors (Lipinski definition) is 0. The summed E-state index contributed by atoms with van der Waals surface area (Å²) < 4.78 is 0. The molecule has 0 aromatic heterocycles. The van der Waals surface area contributed by atoms with E-state index in [0.29, 0.717) is 0 Å².